The summed E-state index contributed by atoms with van der Waals surface area (Å²) in [4.78, 5) is 11.9. The van der Waals surface area contributed by atoms with Crippen LogP contribution in [0.2, 0.25) is 0 Å². The van der Waals surface area contributed by atoms with Gasteiger partial charge < -0.3 is 15.4 Å². The van der Waals surface area contributed by atoms with Crippen molar-refractivity contribution in [1.82, 2.24) is 10.6 Å². The van der Waals surface area contributed by atoms with E-state index in [-0.39, 0.29) is 5.91 Å². The summed E-state index contributed by atoms with van der Waals surface area (Å²) in [7, 11) is 0. The summed E-state index contributed by atoms with van der Waals surface area (Å²) in [5.74, 6) is 0.978. The maximum absolute atomic E-state index is 11.9. The van der Waals surface area contributed by atoms with Gasteiger partial charge in [-0.1, -0.05) is 31.4 Å². The van der Waals surface area contributed by atoms with E-state index >= 15 is 0 Å². The van der Waals surface area contributed by atoms with Gasteiger partial charge in [0.15, 0.2) is 0 Å². The Kier molecular flexibility index (Phi) is 6.54. The molecule has 1 aromatic rings. The fraction of sp³-hybridized carbons (Fsp3) is 0.588. The van der Waals surface area contributed by atoms with Crippen molar-refractivity contribution in [3.63, 3.8) is 0 Å². The number of carbonyl (C=O) groups is 1. The van der Waals surface area contributed by atoms with E-state index in [0.717, 1.165) is 24.2 Å². The molecule has 4 heteroatoms. The standard InChI is InChI=1S/C17H26N2O2/c1-2-21-16-10-6-7-14(11-16)12-18-13-17(20)19-15-8-4-3-5-9-15/h6-7,10-11,15,18H,2-5,8-9,12-13H2,1H3,(H,19,20). The molecule has 0 bridgehead atoms. The lowest BCUT2D eigenvalue weighted by molar-refractivity contribution is -0.121. The number of hydrogen-bond donors (Lipinski definition) is 2. The van der Waals surface area contributed by atoms with E-state index in [9.17, 15) is 4.79 Å². The van der Waals surface area contributed by atoms with Crippen molar-refractivity contribution in [2.75, 3.05) is 13.2 Å². The second-order valence-electron chi connectivity index (χ2n) is 5.59. The van der Waals surface area contributed by atoms with Crippen molar-refractivity contribution >= 4 is 5.91 Å². The Balaban J connectivity index is 1.68. The normalized spacial score (nSPS) is 15.7. The Bertz CT molecular complexity index is 442. The lowest BCUT2D eigenvalue weighted by Crippen LogP contribution is -2.41. The SMILES string of the molecule is CCOc1cccc(CNCC(=O)NC2CCCCC2)c1. The van der Waals surface area contributed by atoms with Crippen LogP contribution in [0.3, 0.4) is 0 Å². The molecule has 0 spiro atoms. The third-order valence-electron chi connectivity index (χ3n) is 3.79. The molecule has 1 fully saturated rings. The highest BCUT2D eigenvalue weighted by Crippen LogP contribution is 2.17. The van der Waals surface area contributed by atoms with Crippen molar-refractivity contribution in [3.8, 4) is 5.75 Å². The molecule has 0 aromatic heterocycles. The van der Waals surface area contributed by atoms with Crippen molar-refractivity contribution in [2.24, 2.45) is 0 Å². The van der Waals surface area contributed by atoms with Crippen LogP contribution in [0, 0.1) is 0 Å². The van der Waals surface area contributed by atoms with Crippen LogP contribution in [0.1, 0.15) is 44.6 Å². The molecule has 2 N–H and O–H groups in total. The highest BCUT2D eigenvalue weighted by atomic mass is 16.5. The number of amides is 1. The molecule has 1 saturated carbocycles. The summed E-state index contributed by atoms with van der Waals surface area (Å²) in [5, 5.41) is 6.30. The van der Waals surface area contributed by atoms with Gasteiger partial charge in [0, 0.05) is 12.6 Å². The van der Waals surface area contributed by atoms with Gasteiger partial charge in [-0.3, -0.25) is 4.79 Å². The number of carbonyl (C=O) groups excluding carboxylic acids is 1. The number of rotatable bonds is 7. The number of ether oxygens (including phenoxy) is 1. The first-order valence-electron chi connectivity index (χ1n) is 7.99. The summed E-state index contributed by atoms with van der Waals surface area (Å²) >= 11 is 0. The summed E-state index contributed by atoms with van der Waals surface area (Å²) in [5.41, 5.74) is 1.13. The average molecular weight is 290 g/mol. The zero-order valence-corrected chi connectivity index (χ0v) is 12.9. The number of hydrogen-bond acceptors (Lipinski definition) is 3. The molecule has 1 aliphatic carbocycles. The Morgan fingerprint density at radius 1 is 1.29 bits per heavy atom. The molecular weight excluding hydrogens is 264 g/mol. The Morgan fingerprint density at radius 2 is 2.10 bits per heavy atom. The first kappa shape index (κ1) is 15.8. The van der Waals surface area contributed by atoms with E-state index in [1.54, 1.807) is 0 Å². The summed E-state index contributed by atoms with van der Waals surface area (Å²) in [6, 6.07) is 8.35. The van der Waals surface area contributed by atoms with Crippen LogP contribution in [0.25, 0.3) is 0 Å². The monoisotopic (exact) mass is 290 g/mol. The molecule has 116 valence electrons. The second-order valence-corrected chi connectivity index (χ2v) is 5.59. The molecule has 0 radical (unpaired) electrons. The third-order valence-corrected chi connectivity index (χ3v) is 3.79. The minimum atomic E-state index is 0.0999. The zero-order valence-electron chi connectivity index (χ0n) is 12.9. The van der Waals surface area contributed by atoms with Gasteiger partial charge in [-0.05, 0) is 37.5 Å². The number of benzene rings is 1. The van der Waals surface area contributed by atoms with Crippen LogP contribution < -0.4 is 15.4 Å². The summed E-state index contributed by atoms with van der Waals surface area (Å²) in [6.45, 7) is 3.69. The van der Waals surface area contributed by atoms with E-state index in [1.807, 2.05) is 31.2 Å². The molecule has 0 heterocycles. The average Bonchev–Trinajstić information content (AvgIpc) is 2.49. The summed E-state index contributed by atoms with van der Waals surface area (Å²) in [6.07, 6.45) is 6.04. The highest BCUT2D eigenvalue weighted by molar-refractivity contribution is 5.78. The minimum absolute atomic E-state index is 0.0999. The van der Waals surface area contributed by atoms with Crippen LogP contribution in [0.5, 0.6) is 5.75 Å². The Labute approximate surface area is 127 Å². The minimum Gasteiger partial charge on any atom is -0.494 e. The van der Waals surface area contributed by atoms with Gasteiger partial charge in [-0.2, -0.15) is 0 Å². The molecule has 0 atom stereocenters. The van der Waals surface area contributed by atoms with E-state index in [2.05, 4.69) is 10.6 Å². The lowest BCUT2D eigenvalue weighted by atomic mass is 9.95. The van der Waals surface area contributed by atoms with Crippen LogP contribution in [0.15, 0.2) is 24.3 Å². The third kappa shape index (κ3) is 5.76. The maximum atomic E-state index is 11.9. The first-order chi connectivity index (χ1) is 10.3. The molecule has 0 unspecified atom stereocenters. The van der Waals surface area contributed by atoms with Crippen LogP contribution in [-0.2, 0) is 11.3 Å². The van der Waals surface area contributed by atoms with Gasteiger partial charge in [0.25, 0.3) is 0 Å². The van der Waals surface area contributed by atoms with Gasteiger partial charge in [0.1, 0.15) is 5.75 Å². The largest absolute Gasteiger partial charge is 0.494 e. The van der Waals surface area contributed by atoms with Gasteiger partial charge in [-0.15, -0.1) is 0 Å². The molecule has 1 aliphatic rings. The first-order valence-corrected chi connectivity index (χ1v) is 7.99. The smallest absolute Gasteiger partial charge is 0.234 e. The predicted octanol–water partition coefficient (Wildman–Crippen LogP) is 2.62. The molecule has 0 aliphatic heterocycles. The fourth-order valence-corrected chi connectivity index (χ4v) is 2.76. The van der Waals surface area contributed by atoms with E-state index in [1.165, 1.54) is 19.3 Å². The van der Waals surface area contributed by atoms with Gasteiger partial charge in [-0.25, -0.2) is 0 Å². The zero-order chi connectivity index (χ0) is 14.9. The van der Waals surface area contributed by atoms with Crippen LogP contribution >= 0.6 is 0 Å². The number of nitrogens with one attached hydrogen (secondary N) is 2. The van der Waals surface area contributed by atoms with E-state index < -0.39 is 0 Å². The molecule has 4 nitrogen and oxygen atoms in total. The quantitative estimate of drug-likeness (QED) is 0.811. The Hall–Kier alpha value is -1.55. The highest BCUT2D eigenvalue weighted by Gasteiger charge is 2.15. The van der Waals surface area contributed by atoms with E-state index in [0.29, 0.717) is 25.7 Å². The Morgan fingerprint density at radius 3 is 2.86 bits per heavy atom. The fourth-order valence-electron chi connectivity index (χ4n) is 2.76. The lowest BCUT2D eigenvalue weighted by Gasteiger charge is -2.22. The van der Waals surface area contributed by atoms with Crippen molar-refractivity contribution in [2.45, 2.75) is 51.6 Å². The topological polar surface area (TPSA) is 50.4 Å². The van der Waals surface area contributed by atoms with E-state index in [4.69, 9.17) is 4.74 Å². The predicted molar refractivity (Wildman–Crippen MR) is 84.3 cm³/mol. The van der Waals surface area contributed by atoms with Gasteiger partial charge >= 0.3 is 0 Å². The molecule has 0 saturated heterocycles. The van der Waals surface area contributed by atoms with Gasteiger partial charge in [0.05, 0.1) is 13.2 Å². The van der Waals surface area contributed by atoms with Crippen molar-refractivity contribution in [3.05, 3.63) is 29.8 Å². The molecule has 1 aromatic carbocycles. The van der Waals surface area contributed by atoms with Gasteiger partial charge in [0.2, 0.25) is 5.91 Å². The van der Waals surface area contributed by atoms with Crippen LogP contribution in [-0.4, -0.2) is 25.1 Å². The molecule has 1 amide bonds. The molecule has 21 heavy (non-hydrogen) atoms. The maximum Gasteiger partial charge on any atom is 0.234 e. The van der Waals surface area contributed by atoms with Crippen LogP contribution in [0.4, 0.5) is 0 Å². The summed E-state index contributed by atoms with van der Waals surface area (Å²) < 4.78 is 5.47. The molecule has 2 rings (SSSR count). The second kappa shape index (κ2) is 8.67. The molecular formula is C17H26N2O2. The van der Waals surface area contributed by atoms with Crippen molar-refractivity contribution < 1.29 is 9.53 Å². The van der Waals surface area contributed by atoms with Crippen molar-refractivity contribution in [1.29, 1.82) is 0 Å².